The van der Waals surface area contributed by atoms with Gasteiger partial charge in [-0.3, -0.25) is 9.78 Å². The van der Waals surface area contributed by atoms with Gasteiger partial charge in [-0.25, -0.2) is 0 Å². The average molecular weight is 270 g/mol. The molecule has 0 aliphatic carbocycles. The number of aromatic nitrogens is 1. The summed E-state index contributed by atoms with van der Waals surface area (Å²) in [7, 11) is 0. The van der Waals surface area contributed by atoms with Crippen molar-refractivity contribution < 1.29 is 4.79 Å². The molecular formula is C15H14N2OS. The number of carbonyl (C=O) groups excluding carboxylic acids is 1. The second-order valence-electron chi connectivity index (χ2n) is 4.46. The molecule has 1 aliphatic rings. The van der Waals surface area contributed by atoms with Crippen molar-refractivity contribution in [3.8, 4) is 0 Å². The lowest BCUT2D eigenvalue weighted by atomic mass is 10.1. The Morgan fingerprint density at radius 2 is 2.05 bits per heavy atom. The first kappa shape index (κ1) is 12.2. The predicted molar refractivity (Wildman–Crippen MR) is 77.7 cm³/mol. The maximum absolute atomic E-state index is 12.0. The first-order valence-corrected chi connectivity index (χ1v) is 7.28. The van der Waals surface area contributed by atoms with Crippen molar-refractivity contribution in [1.82, 2.24) is 4.98 Å². The van der Waals surface area contributed by atoms with Gasteiger partial charge in [-0.05, 0) is 54.5 Å². The smallest absolute Gasteiger partial charge is 0.255 e. The lowest BCUT2D eigenvalue weighted by molar-refractivity contribution is 0.102. The molecule has 4 heteroatoms. The van der Waals surface area contributed by atoms with Crippen LogP contribution in [0.1, 0.15) is 22.3 Å². The minimum Gasteiger partial charge on any atom is -0.322 e. The summed E-state index contributed by atoms with van der Waals surface area (Å²) in [6.07, 6.45) is 5.55. The molecule has 96 valence electrons. The average Bonchev–Trinajstić information content (AvgIpc) is 2.48. The van der Waals surface area contributed by atoms with Gasteiger partial charge in [0.1, 0.15) is 0 Å². The second kappa shape index (κ2) is 5.45. The molecule has 2 aromatic rings. The van der Waals surface area contributed by atoms with Crippen LogP contribution < -0.4 is 5.32 Å². The maximum Gasteiger partial charge on any atom is 0.255 e. The molecule has 0 spiro atoms. The van der Waals surface area contributed by atoms with Gasteiger partial charge >= 0.3 is 0 Å². The number of hydrogen-bond donors (Lipinski definition) is 1. The van der Waals surface area contributed by atoms with Crippen LogP contribution in [0.15, 0.2) is 47.6 Å². The summed E-state index contributed by atoms with van der Waals surface area (Å²) in [4.78, 5) is 17.3. The molecule has 0 saturated heterocycles. The molecule has 0 saturated carbocycles. The van der Waals surface area contributed by atoms with E-state index in [2.05, 4.69) is 22.4 Å². The molecule has 3 nitrogen and oxygen atoms in total. The fraction of sp³-hybridized carbons (Fsp3) is 0.200. The van der Waals surface area contributed by atoms with Gasteiger partial charge in [0, 0.05) is 28.5 Å². The Balaban J connectivity index is 1.78. The van der Waals surface area contributed by atoms with E-state index in [1.807, 2.05) is 17.8 Å². The van der Waals surface area contributed by atoms with Gasteiger partial charge in [-0.2, -0.15) is 0 Å². The first-order chi connectivity index (χ1) is 9.33. The maximum atomic E-state index is 12.0. The van der Waals surface area contributed by atoms with Gasteiger partial charge in [0.15, 0.2) is 0 Å². The molecule has 1 amide bonds. The lowest BCUT2D eigenvalue weighted by Gasteiger charge is -2.16. The third kappa shape index (κ3) is 2.79. The fourth-order valence-electron chi connectivity index (χ4n) is 2.14. The molecule has 1 aliphatic heterocycles. The summed E-state index contributed by atoms with van der Waals surface area (Å²) in [6.45, 7) is 0. The minimum absolute atomic E-state index is 0.0918. The summed E-state index contributed by atoms with van der Waals surface area (Å²) in [5.74, 6) is 1.10. The minimum atomic E-state index is -0.0918. The van der Waals surface area contributed by atoms with Crippen LogP contribution in [0.5, 0.6) is 0 Å². The standard InChI is InChI=1S/C15H14N2OS/c18-15(11-5-7-16-8-6-11)17-13-3-4-14-12(10-13)2-1-9-19-14/h3-8,10H,1-2,9H2,(H,17,18). The highest BCUT2D eigenvalue weighted by Crippen LogP contribution is 2.31. The number of thioether (sulfide) groups is 1. The van der Waals surface area contributed by atoms with Crippen LogP contribution in [0.3, 0.4) is 0 Å². The van der Waals surface area contributed by atoms with E-state index in [1.165, 1.54) is 22.6 Å². The van der Waals surface area contributed by atoms with Gasteiger partial charge < -0.3 is 5.32 Å². The molecule has 0 bridgehead atoms. The highest BCUT2D eigenvalue weighted by molar-refractivity contribution is 7.99. The van der Waals surface area contributed by atoms with Crippen molar-refractivity contribution in [2.24, 2.45) is 0 Å². The molecule has 0 atom stereocenters. The predicted octanol–water partition coefficient (Wildman–Crippen LogP) is 3.37. The van der Waals surface area contributed by atoms with Crippen molar-refractivity contribution in [3.63, 3.8) is 0 Å². The quantitative estimate of drug-likeness (QED) is 0.909. The number of benzene rings is 1. The van der Waals surface area contributed by atoms with Gasteiger partial charge in [0.05, 0.1) is 0 Å². The van der Waals surface area contributed by atoms with Crippen LogP contribution in [0.25, 0.3) is 0 Å². The van der Waals surface area contributed by atoms with Crippen LogP contribution in [0.4, 0.5) is 5.69 Å². The van der Waals surface area contributed by atoms with Crippen molar-refractivity contribution >= 4 is 23.4 Å². The molecule has 1 N–H and O–H groups in total. The van der Waals surface area contributed by atoms with E-state index < -0.39 is 0 Å². The zero-order valence-electron chi connectivity index (χ0n) is 10.4. The Morgan fingerprint density at radius 1 is 1.21 bits per heavy atom. The van der Waals surface area contributed by atoms with Gasteiger partial charge in [0.25, 0.3) is 5.91 Å². The number of aryl methyl sites for hydroxylation is 1. The molecule has 0 fully saturated rings. The van der Waals surface area contributed by atoms with Crippen molar-refractivity contribution in [3.05, 3.63) is 53.9 Å². The zero-order valence-corrected chi connectivity index (χ0v) is 11.2. The Hall–Kier alpha value is -1.81. The van der Waals surface area contributed by atoms with Crippen LogP contribution in [-0.2, 0) is 6.42 Å². The molecule has 1 aromatic carbocycles. The molecule has 19 heavy (non-hydrogen) atoms. The zero-order chi connectivity index (χ0) is 13.1. The van der Waals surface area contributed by atoms with Crippen molar-refractivity contribution in [2.75, 3.05) is 11.1 Å². The normalized spacial score (nSPS) is 13.7. The molecule has 0 radical (unpaired) electrons. The van der Waals surface area contributed by atoms with Crippen molar-refractivity contribution in [1.29, 1.82) is 0 Å². The van der Waals surface area contributed by atoms with E-state index in [-0.39, 0.29) is 5.91 Å². The van der Waals surface area contributed by atoms with Crippen LogP contribution in [0.2, 0.25) is 0 Å². The number of pyridine rings is 1. The van der Waals surface area contributed by atoms with E-state index in [0.717, 1.165) is 12.1 Å². The highest BCUT2D eigenvalue weighted by atomic mass is 32.2. The van der Waals surface area contributed by atoms with Crippen molar-refractivity contribution in [2.45, 2.75) is 17.7 Å². The highest BCUT2D eigenvalue weighted by Gasteiger charge is 2.11. The lowest BCUT2D eigenvalue weighted by Crippen LogP contribution is -2.12. The number of rotatable bonds is 2. The number of fused-ring (bicyclic) bond motifs is 1. The third-order valence-corrected chi connectivity index (χ3v) is 4.31. The van der Waals surface area contributed by atoms with Gasteiger partial charge in [0.2, 0.25) is 0 Å². The summed E-state index contributed by atoms with van der Waals surface area (Å²) >= 11 is 1.89. The monoisotopic (exact) mass is 270 g/mol. The van der Waals surface area contributed by atoms with E-state index in [9.17, 15) is 4.79 Å². The van der Waals surface area contributed by atoms with Crippen LogP contribution >= 0.6 is 11.8 Å². The topological polar surface area (TPSA) is 42.0 Å². The van der Waals surface area contributed by atoms with Crippen LogP contribution in [0, 0.1) is 0 Å². The Morgan fingerprint density at radius 3 is 2.89 bits per heavy atom. The Labute approximate surface area is 116 Å². The molecule has 3 rings (SSSR count). The number of amides is 1. The molecular weight excluding hydrogens is 256 g/mol. The summed E-state index contributed by atoms with van der Waals surface area (Å²) in [5.41, 5.74) is 2.83. The van der Waals surface area contributed by atoms with E-state index in [4.69, 9.17) is 0 Å². The van der Waals surface area contributed by atoms with E-state index in [0.29, 0.717) is 5.56 Å². The third-order valence-electron chi connectivity index (χ3n) is 3.11. The van der Waals surface area contributed by atoms with Gasteiger partial charge in [-0.1, -0.05) is 0 Å². The summed E-state index contributed by atoms with van der Waals surface area (Å²) < 4.78 is 0. The molecule has 1 aromatic heterocycles. The SMILES string of the molecule is O=C(Nc1ccc2c(c1)CCCS2)c1ccncc1. The summed E-state index contributed by atoms with van der Waals surface area (Å²) in [6, 6.07) is 9.57. The summed E-state index contributed by atoms with van der Waals surface area (Å²) in [5, 5.41) is 2.93. The van der Waals surface area contributed by atoms with E-state index >= 15 is 0 Å². The number of carbonyl (C=O) groups is 1. The second-order valence-corrected chi connectivity index (χ2v) is 5.60. The van der Waals surface area contributed by atoms with E-state index in [1.54, 1.807) is 24.5 Å². The number of anilines is 1. The van der Waals surface area contributed by atoms with Gasteiger partial charge in [-0.15, -0.1) is 11.8 Å². The number of nitrogens with zero attached hydrogens (tertiary/aromatic N) is 1. The number of nitrogens with one attached hydrogen (secondary N) is 1. The number of hydrogen-bond acceptors (Lipinski definition) is 3. The Bertz CT molecular complexity index is 598. The van der Waals surface area contributed by atoms with Crippen LogP contribution in [-0.4, -0.2) is 16.6 Å². The first-order valence-electron chi connectivity index (χ1n) is 6.30. The molecule has 0 unspecified atom stereocenters. The molecule has 2 heterocycles. The fourth-order valence-corrected chi connectivity index (χ4v) is 3.16. The Kier molecular flexibility index (Phi) is 3.51. The largest absolute Gasteiger partial charge is 0.322 e.